The van der Waals surface area contributed by atoms with E-state index in [-0.39, 0.29) is 12.1 Å². The van der Waals surface area contributed by atoms with E-state index in [1.54, 1.807) is 0 Å². The molecule has 1 aliphatic carbocycles. The third kappa shape index (κ3) is 4.23. The summed E-state index contributed by atoms with van der Waals surface area (Å²) in [6, 6.07) is 11.0. The zero-order chi connectivity index (χ0) is 13.7. The maximum Gasteiger partial charge on any atom is 0.0624 e. The van der Waals surface area contributed by atoms with Crippen molar-refractivity contribution < 1.29 is 5.11 Å². The lowest BCUT2D eigenvalue weighted by Gasteiger charge is -2.35. The van der Waals surface area contributed by atoms with E-state index in [4.69, 9.17) is 0 Å². The van der Waals surface area contributed by atoms with Crippen LogP contribution in [-0.2, 0) is 5.75 Å². The molecule has 0 heterocycles. The number of benzene rings is 1. The van der Waals surface area contributed by atoms with Gasteiger partial charge in [-0.3, -0.25) is 0 Å². The summed E-state index contributed by atoms with van der Waals surface area (Å²) in [7, 11) is 0. The maximum absolute atomic E-state index is 9.86. The largest absolute Gasteiger partial charge is 0.394 e. The first-order valence-corrected chi connectivity index (χ1v) is 8.32. The zero-order valence-corrected chi connectivity index (χ0v) is 12.7. The van der Waals surface area contributed by atoms with Gasteiger partial charge in [0.15, 0.2) is 0 Å². The summed E-state index contributed by atoms with van der Waals surface area (Å²) >= 11 is 1.93. The number of thioether (sulfide) groups is 1. The first-order chi connectivity index (χ1) is 9.16. The highest BCUT2D eigenvalue weighted by Gasteiger charge is 2.44. The van der Waals surface area contributed by atoms with Crippen molar-refractivity contribution >= 4 is 11.8 Å². The summed E-state index contributed by atoms with van der Waals surface area (Å²) < 4.78 is 0. The summed E-state index contributed by atoms with van der Waals surface area (Å²) in [5, 5.41) is 13.5. The van der Waals surface area contributed by atoms with E-state index in [0.717, 1.165) is 11.5 Å². The van der Waals surface area contributed by atoms with Crippen LogP contribution in [0.2, 0.25) is 0 Å². The van der Waals surface area contributed by atoms with Crippen LogP contribution in [0, 0.1) is 5.92 Å². The molecular formula is C16H25NOS. The maximum atomic E-state index is 9.86. The number of hydrogen-bond acceptors (Lipinski definition) is 3. The molecule has 1 aromatic carbocycles. The molecule has 1 fully saturated rings. The molecule has 0 radical (unpaired) electrons. The second-order valence-corrected chi connectivity index (χ2v) is 6.85. The van der Waals surface area contributed by atoms with Gasteiger partial charge in [0.25, 0.3) is 0 Å². The summed E-state index contributed by atoms with van der Waals surface area (Å²) in [5.74, 6) is 2.67. The molecule has 1 unspecified atom stereocenters. The normalized spacial score (nSPS) is 18.5. The SMILES string of the molecule is CC(C)NC(CO)(CSCc1ccccc1)C1CC1. The molecule has 1 saturated carbocycles. The molecule has 1 atom stereocenters. The molecule has 0 bridgehead atoms. The Morgan fingerprint density at radius 3 is 2.53 bits per heavy atom. The van der Waals surface area contributed by atoms with Gasteiger partial charge in [-0.05, 0) is 24.3 Å². The molecule has 0 amide bonds. The summed E-state index contributed by atoms with van der Waals surface area (Å²) in [4.78, 5) is 0. The van der Waals surface area contributed by atoms with E-state index in [1.807, 2.05) is 11.8 Å². The zero-order valence-electron chi connectivity index (χ0n) is 11.9. The van der Waals surface area contributed by atoms with E-state index in [0.29, 0.717) is 12.0 Å². The van der Waals surface area contributed by atoms with Gasteiger partial charge in [-0.2, -0.15) is 11.8 Å². The van der Waals surface area contributed by atoms with E-state index < -0.39 is 0 Å². The first-order valence-electron chi connectivity index (χ1n) is 7.16. The molecule has 0 aliphatic heterocycles. The standard InChI is InChI=1S/C16H25NOS/c1-13(2)17-16(11-18,15-8-9-15)12-19-10-14-6-4-3-5-7-14/h3-7,13,15,17-18H,8-12H2,1-2H3. The van der Waals surface area contributed by atoms with E-state index in [2.05, 4.69) is 49.5 Å². The van der Waals surface area contributed by atoms with Gasteiger partial charge in [0, 0.05) is 17.5 Å². The minimum Gasteiger partial charge on any atom is -0.394 e. The van der Waals surface area contributed by atoms with Crippen LogP contribution in [-0.4, -0.2) is 29.0 Å². The van der Waals surface area contributed by atoms with Gasteiger partial charge in [-0.25, -0.2) is 0 Å². The third-order valence-electron chi connectivity index (χ3n) is 3.69. The Labute approximate surface area is 121 Å². The van der Waals surface area contributed by atoms with Crippen LogP contribution >= 0.6 is 11.8 Å². The highest BCUT2D eigenvalue weighted by molar-refractivity contribution is 7.98. The molecule has 0 saturated heterocycles. The second kappa shape index (κ2) is 6.78. The lowest BCUT2D eigenvalue weighted by atomic mass is 9.95. The van der Waals surface area contributed by atoms with Crippen LogP contribution in [0.4, 0.5) is 0 Å². The number of aliphatic hydroxyl groups excluding tert-OH is 1. The average molecular weight is 279 g/mol. The van der Waals surface area contributed by atoms with Gasteiger partial charge in [-0.1, -0.05) is 44.2 Å². The molecule has 0 aromatic heterocycles. The van der Waals surface area contributed by atoms with Crippen molar-refractivity contribution in [3.63, 3.8) is 0 Å². The molecule has 0 spiro atoms. The van der Waals surface area contributed by atoms with E-state index >= 15 is 0 Å². The topological polar surface area (TPSA) is 32.3 Å². The van der Waals surface area contributed by atoms with Gasteiger partial charge in [0.1, 0.15) is 0 Å². The van der Waals surface area contributed by atoms with Crippen LogP contribution < -0.4 is 5.32 Å². The van der Waals surface area contributed by atoms with Crippen molar-refractivity contribution in [2.45, 2.75) is 44.0 Å². The Hall–Kier alpha value is -0.510. The van der Waals surface area contributed by atoms with Gasteiger partial charge in [0.2, 0.25) is 0 Å². The fourth-order valence-corrected chi connectivity index (χ4v) is 3.94. The van der Waals surface area contributed by atoms with Gasteiger partial charge >= 0.3 is 0 Å². The Balaban J connectivity index is 1.89. The monoisotopic (exact) mass is 279 g/mol. The molecular weight excluding hydrogens is 254 g/mol. The number of aliphatic hydroxyl groups is 1. The molecule has 2 nitrogen and oxygen atoms in total. The molecule has 3 heteroatoms. The number of nitrogens with one attached hydrogen (secondary N) is 1. The third-order valence-corrected chi connectivity index (χ3v) is 4.94. The second-order valence-electron chi connectivity index (χ2n) is 5.87. The van der Waals surface area contributed by atoms with Crippen molar-refractivity contribution in [1.29, 1.82) is 0 Å². The predicted molar refractivity (Wildman–Crippen MR) is 83.4 cm³/mol. The minimum absolute atomic E-state index is 0.0758. The van der Waals surface area contributed by atoms with E-state index in [9.17, 15) is 5.11 Å². The van der Waals surface area contributed by atoms with Crippen LogP contribution in [0.15, 0.2) is 30.3 Å². The van der Waals surface area contributed by atoms with Crippen molar-refractivity contribution in [3.05, 3.63) is 35.9 Å². The number of rotatable bonds is 8. The van der Waals surface area contributed by atoms with Gasteiger partial charge in [-0.15, -0.1) is 0 Å². The van der Waals surface area contributed by atoms with Crippen molar-refractivity contribution in [3.8, 4) is 0 Å². The van der Waals surface area contributed by atoms with Crippen molar-refractivity contribution in [2.75, 3.05) is 12.4 Å². The fraction of sp³-hybridized carbons (Fsp3) is 0.625. The fourth-order valence-electron chi connectivity index (χ4n) is 2.63. The Morgan fingerprint density at radius 2 is 2.00 bits per heavy atom. The lowest BCUT2D eigenvalue weighted by molar-refractivity contribution is 0.150. The highest BCUT2D eigenvalue weighted by Crippen LogP contribution is 2.41. The quantitative estimate of drug-likeness (QED) is 0.767. The van der Waals surface area contributed by atoms with Gasteiger partial charge < -0.3 is 10.4 Å². The van der Waals surface area contributed by atoms with Crippen LogP contribution in [0.25, 0.3) is 0 Å². The Bertz CT molecular complexity index is 378. The Kier molecular flexibility index (Phi) is 5.31. The van der Waals surface area contributed by atoms with Gasteiger partial charge in [0.05, 0.1) is 12.1 Å². The first kappa shape index (κ1) is 14.9. The summed E-state index contributed by atoms with van der Waals surface area (Å²) in [6.45, 7) is 4.57. The van der Waals surface area contributed by atoms with E-state index in [1.165, 1.54) is 18.4 Å². The smallest absolute Gasteiger partial charge is 0.0624 e. The lowest BCUT2D eigenvalue weighted by Crippen LogP contribution is -2.55. The molecule has 19 heavy (non-hydrogen) atoms. The van der Waals surface area contributed by atoms with Crippen LogP contribution in [0.1, 0.15) is 32.3 Å². The van der Waals surface area contributed by atoms with Crippen LogP contribution in [0.5, 0.6) is 0 Å². The van der Waals surface area contributed by atoms with Crippen LogP contribution in [0.3, 0.4) is 0 Å². The molecule has 1 aliphatic rings. The minimum atomic E-state index is -0.0758. The predicted octanol–water partition coefficient (Wildman–Crippen LogP) is 3.06. The highest BCUT2D eigenvalue weighted by atomic mass is 32.2. The molecule has 106 valence electrons. The molecule has 2 N–H and O–H groups in total. The average Bonchev–Trinajstić information content (AvgIpc) is 3.23. The molecule has 1 aromatic rings. The summed E-state index contributed by atoms with van der Waals surface area (Å²) in [5.41, 5.74) is 1.29. The number of hydrogen-bond donors (Lipinski definition) is 2. The van der Waals surface area contributed by atoms with Crippen molar-refractivity contribution in [1.82, 2.24) is 5.32 Å². The Morgan fingerprint density at radius 1 is 1.32 bits per heavy atom. The van der Waals surface area contributed by atoms with Crippen molar-refractivity contribution in [2.24, 2.45) is 5.92 Å². The summed E-state index contributed by atoms with van der Waals surface area (Å²) in [6.07, 6.45) is 2.51. The molecule has 2 rings (SSSR count).